The molecule has 160 valence electrons. The lowest BCUT2D eigenvalue weighted by Gasteiger charge is -2.34. The highest BCUT2D eigenvalue weighted by molar-refractivity contribution is 6.39. The Morgan fingerprint density at radius 2 is 1.77 bits per heavy atom. The van der Waals surface area contributed by atoms with E-state index in [9.17, 15) is 9.59 Å². The first kappa shape index (κ1) is 20.9. The second-order valence-corrected chi connectivity index (χ2v) is 7.70. The van der Waals surface area contributed by atoms with Crippen LogP contribution in [-0.4, -0.2) is 29.8 Å². The second kappa shape index (κ2) is 9.62. The molecule has 4 rings (SSSR count). The fourth-order valence-electron chi connectivity index (χ4n) is 4.07. The Bertz CT molecular complexity index is 1050. The topological polar surface area (TPSA) is 74.6 Å². The molecule has 0 aliphatic carbocycles. The standard InChI is InChI=1S/C25H27N3O3/c1-2-18-8-5-6-11-21(18)27-25(30)24(29)26-16-22(23-12-7-15-31-23)28-14-13-19-9-3-4-10-20(19)17-28/h3-12,15,22H,2,13-14,16-17H2,1H3,(H,26,29)(H,27,30)/t22-/m1/s1. The SMILES string of the molecule is CCc1ccccc1NC(=O)C(=O)NC[C@H](c1ccco1)N1CCc2ccccc2C1. The molecule has 0 saturated carbocycles. The molecule has 0 fully saturated rings. The molecule has 0 bridgehead atoms. The number of hydrogen-bond acceptors (Lipinski definition) is 4. The van der Waals surface area contributed by atoms with Gasteiger partial charge in [-0.2, -0.15) is 0 Å². The molecule has 1 atom stereocenters. The van der Waals surface area contributed by atoms with Gasteiger partial charge in [0.25, 0.3) is 0 Å². The highest BCUT2D eigenvalue weighted by Crippen LogP contribution is 2.28. The normalized spacial score (nSPS) is 14.5. The Kier molecular flexibility index (Phi) is 6.48. The van der Waals surface area contributed by atoms with Crippen LogP contribution in [0, 0.1) is 0 Å². The molecule has 2 N–H and O–H groups in total. The molecule has 6 nitrogen and oxygen atoms in total. The number of carbonyl (C=O) groups is 2. The third-order valence-corrected chi connectivity index (χ3v) is 5.78. The van der Waals surface area contributed by atoms with E-state index in [-0.39, 0.29) is 12.6 Å². The van der Waals surface area contributed by atoms with E-state index in [2.05, 4.69) is 33.7 Å². The second-order valence-electron chi connectivity index (χ2n) is 7.70. The summed E-state index contributed by atoms with van der Waals surface area (Å²) in [5.74, 6) is -0.542. The number of furan rings is 1. The van der Waals surface area contributed by atoms with Crippen LogP contribution in [0.3, 0.4) is 0 Å². The van der Waals surface area contributed by atoms with Crippen LogP contribution in [-0.2, 0) is 29.0 Å². The maximum atomic E-state index is 12.5. The minimum absolute atomic E-state index is 0.150. The summed E-state index contributed by atoms with van der Waals surface area (Å²) in [6.07, 6.45) is 3.35. The minimum Gasteiger partial charge on any atom is -0.468 e. The number of nitrogens with one attached hydrogen (secondary N) is 2. The molecule has 0 spiro atoms. The molecular weight excluding hydrogens is 390 g/mol. The van der Waals surface area contributed by atoms with Gasteiger partial charge in [0.1, 0.15) is 5.76 Å². The molecule has 0 radical (unpaired) electrons. The highest BCUT2D eigenvalue weighted by Gasteiger charge is 2.28. The maximum Gasteiger partial charge on any atom is 0.313 e. The van der Waals surface area contributed by atoms with Gasteiger partial charge < -0.3 is 15.1 Å². The third kappa shape index (κ3) is 4.86. The van der Waals surface area contributed by atoms with Crippen LogP contribution in [0.15, 0.2) is 71.3 Å². The first-order valence-electron chi connectivity index (χ1n) is 10.7. The van der Waals surface area contributed by atoms with Crippen molar-refractivity contribution in [3.63, 3.8) is 0 Å². The first-order valence-corrected chi connectivity index (χ1v) is 10.7. The number of rotatable bonds is 6. The number of benzene rings is 2. The highest BCUT2D eigenvalue weighted by atomic mass is 16.3. The predicted molar refractivity (Wildman–Crippen MR) is 119 cm³/mol. The lowest BCUT2D eigenvalue weighted by Crippen LogP contribution is -2.43. The Balaban J connectivity index is 1.42. The van der Waals surface area contributed by atoms with E-state index in [4.69, 9.17) is 4.42 Å². The average Bonchev–Trinajstić information content (AvgIpc) is 3.34. The maximum absolute atomic E-state index is 12.5. The van der Waals surface area contributed by atoms with Crippen LogP contribution in [0.1, 0.15) is 35.4 Å². The zero-order valence-corrected chi connectivity index (χ0v) is 17.6. The molecule has 1 aliphatic rings. The summed E-state index contributed by atoms with van der Waals surface area (Å²) >= 11 is 0. The molecule has 31 heavy (non-hydrogen) atoms. The summed E-state index contributed by atoms with van der Waals surface area (Å²) in [5, 5.41) is 5.52. The van der Waals surface area contributed by atoms with Crippen LogP contribution in [0.25, 0.3) is 0 Å². The summed E-state index contributed by atoms with van der Waals surface area (Å²) in [6, 6.07) is 19.5. The van der Waals surface area contributed by atoms with Gasteiger partial charge in [-0.3, -0.25) is 14.5 Å². The Morgan fingerprint density at radius 1 is 1.00 bits per heavy atom. The quantitative estimate of drug-likeness (QED) is 0.600. The Morgan fingerprint density at radius 3 is 2.55 bits per heavy atom. The number of aryl methyl sites for hydroxylation is 1. The van der Waals surface area contributed by atoms with Gasteiger partial charge >= 0.3 is 11.8 Å². The van der Waals surface area contributed by atoms with Crippen molar-refractivity contribution >= 4 is 17.5 Å². The number of amides is 2. The molecule has 1 aromatic heterocycles. The lowest BCUT2D eigenvalue weighted by molar-refractivity contribution is -0.136. The number of hydrogen-bond donors (Lipinski definition) is 2. The number of nitrogens with zero attached hydrogens (tertiary/aromatic N) is 1. The molecule has 2 aromatic carbocycles. The fraction of sp³-hybridized carbons (Fsp3) is 0.280. The van der Waals surface area contributed by atoms with Gasteiger partial charge in [0.2, 0.25) is 0 Å². The van der Waals surface area contributed by atoms with Crippen molar-refractivity contribution in [1.82, 2.24) is 10.2 Å². The largest absolute Gasteiger partial charge is 0.468 e. The van der Waals surface area contributed by atoms with Gasteiger partial charge in [0.15, 0.2) is 0 Å². The molecule has 0 unspecified atom stereocenters. The van der Waals surface area contributed by atoms with E-state index in [1.54, 1.807) is 12.3 Å². The van der Waals surface area contributed by atoms with Gasteiger partial charge in [0.05, 0.1) is 12.3 Å². The molecule has 0 saturated heterocycles. The zero-order chi connectivity index (χ0) is 21.6. The Labute approximate surface area is 182 Å². The summed E-state index contributed by atoms with van der Waals surface area (Å²) in [5.41, 5.74) is 4.30. The fourth-order valence-corrected chi connectivity index (χ4v) is 4.07. The molecule has 6 heteroatoms. The molecule has 3 aromatic rings. The number of para-hydroxylation sites is 1. The van der Waals surface area contributed by atoms with Gasteiger partial charge in [-0.25, -0.2) is 0 Å². The van der Waals surface area contributed by atoms with E-state index in [1.165, 1.54) is 11.1 Å². The van der Waals surface area contributed by atoms with Gasteiger partial charge in [0, 0.05) is 25.3 Å². The van der Waals surface area contributed by atoms with Gasteiger partial charge in [-0.15, -0.1) is 0 Å². The average molecular weight is 418 g/mol. The van der Waals surface area contributed by atoms with E-state index >= 15 is 0 Å². The summed E-state index contributed by atoms with van der Waals surface area (Å²) in [7, 11) is 0. The monoisotopic (exact) mass is 417 g/mol. The molecule has 2 heterocycles. The predicted octanol–water partition coefficient (Wildman–Crippen LogP) is 3.70. The van der Waals surface area contributed by atoms with Crippen molar-refractivity contribution < 1.29 is 14.0 Å². The van der Waals surface area contributed by atoms with E-state index < -0.39 is 11.8 Å². The van der Waals surface area contributed by atoms with Crippen molar-refractivity contribution in [2.45, 2.75) is 32.4 Å². The van der Waals surface area contributed by atoms with Crippen molar-refractivity contribution in [2.75, 3.05) is 18.4 Å². The minimum atomic E-state index is -0.664. The lowest BCUT2D eigenvalue weighted by atomic mass is 9.98. The van der Waals surface area contributed by atoms with Crippen LogP contribution in [0.5, 0.6) is 0 Å². The molecule has 2 amide bonds. The van der Waals surface area contributed by atoms with Gasteiger partial charge in [-0.1, -0.05) is 49.4 Å². The molecule has 1 aliphatic heterocycles. The third-order valence-electron chi connectivity index (χ3n) is 5.78. The summed E-state index contributed by atoms with van der Waals surface area (Å²) in [4.78, 5) is 27.3. The van der Waals surface area contributed by atoms with Crippen molar-refractivity contribution in [2.24, 2.45) is 0 Å². The number of carbonyl (C=O) groups excluding carboxylic acids is 2. The number of anilines is 1. The van der Waals surface area contributed by atoms with E-state index in [0.717, 1.165) is 37.3 Å². The summed E-state index contributed by atoms with van der Waals surface area (Å²) in [6.45, 7) is 3.93. The van der Waals surface area contributed by atoms with Crippen molar-refractivity contribution in [3.05, 3.63) is 89.4 Å². The van der Waals surface area contributed by atoms with Crippen LogP contribution in [0.2, 0.25) is 0 Å². The van der Waals surface area contributed by atoms with Crippen molar-refractivity contribution in [3.8, 4) is 0 Å². The van der Waals surface area contributed by atoms with Crippen LogP contribution in [0.4, 0.5) is 5.69 Å². The summed E-state index contributed by atoms with van der Waals surface area (Å²) < 4.78 is 5.66. The van der Waals surface area contributed by atoms with Gasteiger partial charge in [-0.05, 0) is 47.7 Å². The van der Waals surface area contributed by atoms with Crippen LogP contribution < -0.4 is 10.6 Å². The smallest absolute Gasteiger partial charge is 0.313 e. The zero-order valence-electron chi connectivity index (χ0n) is 17.6. The van der Waals surface area contributed by atoms with Crippen molar-refractivity contribution in [1.29, 1.82) is 0 Å². The first-order chi connectivity index (χ1) is 15.2. The Hall–Kier alpha value is -3.38. The van der Waals surface area contributed by atoms with E-state index in [0.29, 0.717) is 5.69 Å². The number of fused-ring (bicyclic) bond motifs is 1. The van der Waals surface area contributed by atoms with E-state index in [1.807, 2.05) is 43.3 Å². The van der Waals surface area contributed by atoms with Crippen LogP contribution >= 0.6 is 0 Å². The molecular formula is C25H27N3O3.